The maximum atomic E-state index is 14.8. The van der Waals surface area contributed by atoms with E-state index in [0.29, 0.717) is 4.90 Å². The second-order valence-corrected chi connectivity index (χ2v) is 6.49. The van der Waals surface area contributed by atoms with Gasteiger partial charge in [0.15, 0.2) is 23.3 Å². The summed E-state index contributed by atoms with van der Waals surface area (Å²) in [7, 11) is 0. The summed E-state index contributed by atoms with van der Waals surface area (Å²) >= 11 is 1.27. The van der Waals surface area contributed by atoms with Crippen LogP contribution in [0.2, 0.25) is 0 Å². The molecule has 0 bridgehead atoms. The summed E-state index contributed by atoms with van der Waals surface area (Å²) < 4.78 is 126. The van der Waals surface area contributed by atoms with Gasteiger partial charge in [-0.3, -0.25) is 0 Å². The number of hydrogen-bond donors (Lipinski definition) is 0. The fraction of sp³-hybridized carbons (Fsp3) is 0.111. The van der Waals surface area contributed by atoms with E-state index in [4.69, 9.17) is 0 Å². The third kappa shape index (κ3) is 3.59. The van der Waals surface area contributed by atoms with Gasteiger partial charge in [0.2, 0.25) is 11.6 Å². The van der Waals surface area contributed by atoms with Crippen molar-refractivity contribution in [2.75, 3.05) is 6.26 Å². The smallest absolute Gasteiger partial charge is 0.399 e. The van der Waals surface area contributed by atoms with Gasteiger partial charge in [-0.15, -0.1) is 24.9 Å². The zero-order valence-corrected chi connectivity index (χ0v) is 14.8. The molecule has 3 aromatic rings. The van der Waals surface area contributed by atoms with Crippen LogP contribution in [-0.2, 0) is 0 Å². The minimum Gasteiger partial charge on any atom is -0.399 e. The van der Waals surface area contributed by atoms with Crippen LogP contribution < -0.4 is 4.74 Å². The van der Waals surface area contributed by atoms with Crippen LogP contribution in [0.4, 0.5) is 39.5 Å². The van der Waals surface area contributed by atoms with Crippen molar-refractivity contribution in [3.63, 3.8) is 0 Å². The maximum absolute atomic E-state index is 14.8. The molecule has 0 aromatic heterocycles. The summed E-state index contributed by atoms with van der Waals surface area (Å²) in [6.07, 6.45) is -3.97. The van der Waals surface area contributed by atoms with Crippen molar-refractivity contribution in [3.8, 4) is 16.9 Å². The highest BCUT2D eigenvalue weighted by Gasteiger charge is 2.38. The van der Waals surface area contributed by atoms with Crippen LogP contribution in [0.3, 0.4) is 0 Å². The number of hydrogen-bond acceptors (Lipinski definition) is 2. The summed E-state index contributed by atoms with van der Waals surface area (Å²) in [5.74, 6) is -15.8. The molecule has 0 amide bonds. The highest BCUT2D eigenvalue weighted by molar-refractivity contribution is 7.98. The molecule has 0 N–H and O–H groups in total. The molecule has 11 heteroatoms. The normalized spacial score (nSPS) is 11.9. The van der Waals surface area contributed by atoms with Gasteiger partial charge in [0, 0.05) is 4.90 Å². The Morgan fingerprint density at radius 2 is 1.21 bits per heavy atom. The monoisotopic (exact) mass is 442 g/mol. The van der Waals surface area contributed by atoms with Crippen LogP contribution in [0.15, 0.2) is 29.2 Å². The van der Waals surface area contributed by atoms with E-state index in [2.05, 4.69) is 4.74 Å². The predicted octanol–water partition coefficient (Wildman–Crippen LogP) is 6.96. The number of benzene rings is 3. The van der Waals surface area contributed by atoms with Crippen molar-refractivity contribution in [2.24, 2.45) is 0 Å². The Kier molecular flexibility index (Phi) is 5.37. The fourth-order valence-corrected chi connectivity index (χ4v) is 3.12. The summed E-state index contributed by atoms with van der Waals surface area (Å²) in [4.78, 5) is 0.660. The first kappa shape index (κ1) is 21.2. The number of halogens is 9. The van der Waals surface area contributed by atoms with Crippen LogP contribution in [-0.4, -0.2) is 12.6 Å². The van der Waals surface area contributed by atoms with Crippen LogP contribution in [0.25, 0.3) is 21.9 Å². The lowest BCUT2D eigenvalue weighted by Crippen LogP contribution is -2.20. The van der Waals surface area contributed by atoms with Crippen molar-refractivity contribution >= 4 is 22.5 Å². The molecule has 3 aromatic carbocycles. The van der Waals surface area contributed by atoms with Crippen LogP contribution >= 0.6 is 11.8 Å². The summed E-state index contributed by atoms with van der Waals surface area (Å²) in [6, 6.07) is 5.12. The quantitative estimate of drug-likeness (QED) is 0.246. The lowest BCUT2D eigenvalue weighted by molar-refractivity contribution is -0.276. The van der Waals surface area contributed by atoms with Gasteiger partial charge in [-0.05, 0) is 24.0 Å². The van der Waals surface area contributed by atoms with Crippen molar-refractivity contribution in [1.82, 2.24) is 0 Å². The van der Waals surface area contributed by atoms with E-state index in [1.807, 2.05) is 0 Å². The minimum atomic E-state index is -5.67. The Bertz CT molecular complexity index is 1110. The van der Waals surface area contributed by atoms with Gasteiger partial charge in [-0.25, -0.2) is 22.0 Å². The Morgan fingerprint density at radius 3 is 1.72 bits per heavy atom. The fourth-order valence-electron chi connectivity index (χ4n) is 2.71. The van der Waals surface area contributed by atoms with E-state index in [-0.39, 0.29) is 5.56 Å². The summed E-state index contributed by atoms with van der Waals surface area (Å²) in [5.41, 5.74) is -1.42. The van der Waals surface area contributed by atoms with Gasteiger partial charge >= 0.3 is 6.36 Å². The molecule has 0 spiro atoms. The van der Waals surface area contributed by atoms with E-state index in [9.17, 15) is 39.5 Å². The SMILES string of the molecule is CSc1ccc(-c2c(F)c(F)c3c(F)c(OC(F)(F)F)c(F)c(F)c3c2F)cc1. The predicted molar refractivity (Wildman–Crippen MR) is 87.6 cm³/mol. The van der Waals surface area contributed by atoms with Crippen LogP contribution in [0.5, 0.6) is 5.75 Å². The highest BCUT2D eigenvalue weighted by atomic mass is 32.2. The van der Waals surface area contributed by atoms with E-state index >= 15 is 0 Å². The first-order chi connectivity index (χ1) is 13.5. The number of ether oxygens (including phenoxy) is 1. The number of thioether (sulfide) groups is 1. The lowest BCUT2D eigenvalue weighted by Gasteiger charge is -2.16. The van der Waals surface area contributed by atoms with Gasteiger partial charge in [0.1, 0.15) is 5.82 Å². The van der Waals surface area contributed by atoms with Crippen molar-refractivity contribution in [2.45, 2.75) is 11.3 Å². The molecule has 0 atom stereocenters. The van der Waals surface area contributed by atoms with Crippen molar-refractivity contribution in [3.05, 3.63) is 59.2 Å². The third-order valence-corrected chi connectivity index (χ3v) is 4.69. The second-order valence-electron chi connectivity index (χ2n) is 5.61. The highest BCUT2D eigenvalue weighted by Crippen LogP contribution is 2.42. The second kappa shape index (κ2) is 7.36. The number of rotatable bonds is 3. The van der Waals surface area contributed by atoms with E-state index in [1.165, 1.54) is 23.9 Å². The van der Waals surface area contributed by atoms with Crippen LogP contribution in [0, 0.1) is 34.9 Å². The molecule has 0 aliphatic rings. The molecule has 0 unspecified atom stereocenters. The van der Waals surface area contributed by atoms with E-state index in [0.717, 1.165) is 12.1 Å². The first-order valence-corrected chi connectivity index (χ1v) is 8.77. The van der Waals surface area contributed by atoms with Crippen LogP contribution in [0.1, 0.15) is 0 Å². The van der Waals surface area contributed by atoms with Crippen molar-refractivity contribution < 1.29 is 44.3 Å². The first-order valence-electron chi connectivity index (χ1n) is 7.54. The zero-order valence-electron chi connectivity index (χ0n) is 14.0. The largest absolute Gasteiger partial charge is 0.573 e. The van der Waals surface area contributed by atoms with Gasteiger partial charge < -0.3 is 4.74 Å². The van der Waals surface area contributed by atoms with Gasteiger partial charge in [0.05, 0.1) is 16.3 Å². The Hall–Kier alpha value is -2.56. The molecule has 0 saturated heterocycles. The third-order valence-electron chi connectivity index (χ3n) is 3.95. The average Bonchev–Trinajstić information content (AvgIpc) is 2.66. The Balaban J connectivity index is 2.40. The molecular formula is C18H7F9OS. The van der Waals surface area contributed by atoms with Gasteiger partial charge in [-0.2, -0.15) is 4.39 Å². The Labute approximate surface area is 161 Å². The van der Waals surface area contributed by atoms with E-state index in [1.54, 1.807) is 6.26 Å². The van der Waals surface area contributed by atoms with Gasteiger partial charge in [-0.1, -0.05) is 12.1 Å². The molecule has 154 valence electrons. The maximum Gasteiger partial charge on any atom is 0.573 e. The average molecular weight is 442 g/mol. The standard InChI is InChI=1S/C18H7F9OS/c1-29-7-4-2-6(3-5-7)8-11(19)9-10(13(21)12(8)20)15(23)17(16(24)14(9)22)28-18(25,26)27/h2-5H,1H3. The number of fused-ring (bicyclic) bond motifs is 1. The topological polar surface area (TPSA) is 9.23 Å². The number of alkyl halides is 3. The van der Waals surface area contributed by atoms with Crippen molar-refractivity contribution in [1.29, 1.82) is 0 Å². The molecular weight excluding hydrogens is 435 g/mol. The molecule has 0 aliphatic heterocycles. The molecule has 1 nitrogen and oxygen atoms in total. The molecule has 3 rings (SSSR count). The molecule has 29 heavy (non-hydrogen) atoms. The van der Waals surface area contributed by atoms with E-state index < -0.39 is 63.4 Å². The Morgan fingerprint density at radius 1 is 0.690 bits per heavy atom. The van der Waals surface area contributed by atoms with Gasteiger partial charge in [0.25, 0.3) is 0 Å². The molecule has 0 radical (unpaired) electrons. The minimum absolute atomic E-state index is 0.283. The molecule has 0 heterocycles. The molecule has 0 aliphatic carbocycles. The molecule has 0 saturated carbocycles. The summed E-state index contributed by atoms with van der Waals surface area (Å²) in [6.45, 7) is 0. The lowest BCUT2D eigenvalue weighted by atomic mass is 9.97. The summed E-state index contributed by atoms with van der Waals surface area (Å²) in [5, 5.41) is -3.53. The zero-order chi connectivity index (χ0) is 21.7. The molecule has 0 fully saturated rings.